The van der Waals surface area contributed by atoms with Crippen molar-refractivity contribution in [3.63, 3.8) is 0 Å². The topological polar surface area (TPSA) is 116 Å². The first-order chi connectivity index (χ1) is 15.9. The minimum Gasteiger partial charge on any atom is -0.325 e. The third-order valence-corrected chi connectivity index (χ3v) is 6.95. The van der Waals surface area contributed by atoms with Gasteiger partial charge in [-0.1, -0.05) is 31.5 Å². The van der Waals surface area contributed by atoms with E-state index in [0.717, 1.165) is 30.7 Å². The van der Waals surface area contributed by atoms with Crippen LogP contribution in [0.4, 0.5) is 11.4 Å². The highest BCUT2D eigenvalue weighted by atomic mass is 32.2. The van der Waals surface area contributed by atoms with Crippen molar-refractivity contribution in [2.75, 3.05) is 11.1 Å². The molecule has 1 amide bonds. The Morgan fingerprint density at radius 3 is 2.79 bits per heavy atom. The third-order valence-electron chi connectivity index (χ3n) is 6.01. The maximum atomic E-state index is 12.7. The number of nitrogens with zero attached hydrogens (tertiary/aromatic N) is 5. The van der Waals surface area contributed by atoms with Gasteiger partial charge in [0.1, 0.15) is 0 Å². The summed E-state index contributed by atoms with van der Waals surface area (Å²) in [6, 6.07) is 8.51. The van der Waals surface area contributed by atoms with Gasteiger partial charge in [-0.15, -0.1) is 10.2 Å². The highest BCUT2D eigenvalue weighted by molar-refractivity contribution is 7.99. The number of pyridine rings is 1. The van der Waals surface area contributed by atoms with Crippen LogP contribution in [0, 0.1) is 23.0 Å². The maximum Gasteiger partial charge on any atom is 0.269 e. The minimum atomic E-state index is -0.451. The van der Waals surface area contributed by atoms with E-state index in [2.05, 4.69) is 32.0 Å². The van der Waals surface area contributed by atoms with E-state index in [1.807, 2.05) is 12.1 Å². The quantitative estimate of drug-likeness (QED) is 0.295. The number of hydrogen-bond acceptors (Lipinski definition) is 7. The molecule has 2 atom stereocenters. The summed E-state index contributed by atoms with van der Waals surface area (Å²) in [7, 11) is 0. The zero-order chi connectivity index (χ0) is 23.4. The second kappa shape index (κ2) is 10.1. The predicted octanol–water partition coefficient (Wildman–Crippen LogP) is 5.04. The Labute approximate surface area is 196 Å². The van der Waals surface area contributed by atoms with Crippen LogP contribution in [0.2, 0.25) is 0 Å². The second-order valence-electron chi connectivity index (χ2n) is 8.34. The van der Waals surface area contributed by atoms with Crippen LogP contribution in [-0.4, -0.2) is 36.3 Å². The standard InChI is InChI=1S/C23H26N6O3S/c1-15-6-3-4-8-20(15)28-22(17-7-5-11-24-13-17)26-27-23(28)33-14-21(30)25-19-10-9-18(29(31)32)12-16(19)2/h5,7,9-13,15,20H,3-4,6,8,14H2,1-2H3,(H,25,30)/t15-,20-/m0/s1. The number of aryl methyl sites for hydroxylation is 1. The zero-order valence-corrected chi connectivity index (χ0v) is 19.4. The van der Waals surface area contributed by atoms with E-state index in [1.165, 1.54) is 30.3 Å². The number of hydrogen-bond donors (Lipinski definition) is 1. The van der Waals surface area contributed by atoms with Crippen LogP contribution in [0.1, 0.15) is 44.2 Å². The fourth-order valence-electron chi connectivity index (χ4n) is 4.26. The highest BCUT2D eigenvalue weighted by Gasteiger charge is 2.29. The molecule has 1 aliphatic rings. The number of nitro groups is 1. The molecule has 0 spiro atoms. The van der Waals surface area contributed by atoms with Gasteiger partial charge in [0.05, 0.1) is 10.7 Å². The summed E-state index contributed by atoms with van der Waals surface area (Å²) in [5, 5.41) is 23.4. The molecule has 0 radical (unpaired) electrons. The largest absolute Gasteiger partial charge is 0.325 e. The summed E-state index contributed by atoms with van der Waals surface area (Å²) in [5.74, 6) is 1.21. The summed E-state index contributed by atoms with van der Waals surface area (Å²) in [6.07, 6.45) is 8.10. The molecule has 10 heteroatoms. The van der Waals surface area contributed by atoms with E-state index in [-0.39, 0.29) is 23.4 Å². The average Bonchev–Trinajstić information content (AvgIpc) is 3.23. The summed E-state index contributed by atoms with van der Waals surface area (Å²) in [5.41, 5.74) is 2.10. The number of non-ortho nitro benzene ring substituents is 1. The van der Waals surface area contributed by atoms with Crippen LogP contribution in [0.3, 0.4) is 0 Å². The van der Waals surface area contributed by atoms with E-state index in [1.54, 1.807) is 25.4 Å². The number of thioether (sulfide) groups is 1. The van der Waals surface area contributed by atoms with Crippen molar-refractivity contribution in [3.8, 4) is 11.4 Å². The Balaban J connectivity index is 1.52. The fourth-order valence-corrected chi connectivity index (χ4v) is 5.06. The Morgan fingerprint density at radius 2 is 2.09 bits per heavy atom. The van der Waals surface area contributed by atoms with Gasteiger partial charge in [-0.05, 0) is 49.4 Å². The van der Waals surface area contributed by atoms with Gasteiger partial charge in [0.15, 0.2) is 11.0 Å². The molecule has 1 fully saturated rings. The lowest BCUT2D eigenvalue weighted by atomic mass is 9.85. The van der Waals surface area contributed by atoms with Gasteiger partial charge in [0, 0.05) is 41.8 Å². The number of carbonyl (C=O) groups is 1. The molecular formula is C23H26N6O3S. The van der Waals surface area contributed by atoms with Crippen molar-refractivity contribution in [2.45, 2.75) is 50.7 Å². The molecule has 1 aliphatic carbocycles. The first-order valence-electron chi connectivity index (χ1n) is 11.0. The van der Waals surface area contributed by atoms with Gasteiger partial charge >= 0.3 is 0 Å². The van der Waals surface area contributed by atoms with Crippen LogP contribution in [0.5, 0.6) is 0 Å². The van der Waals surface area contributed by atoms with Gasteiger partial charge in [-0.2, -0.15) is 0 Å². The van der Waals surface area contributed by atoms with Crippen molar-refractivity contribution >= 4 is 29.0 Å². The fraction of sp³-hybridized carbons (Fsp3) is 0.391. The molecule has 1 N–H and O–H groups in total. The normalized spacial score (nSPS) is 18.1. The number of benzene rings is 1. The third kappa shape index (κ3) is 5.22. The number of nitro benzene ring substituents is 1. The van der Waals surface area contributed by atoms with Crippen molar-refractivity contribution in [3.05, 3.63) is 58.4 Å². The van der Waals surface area contributed by atoms with Crippen LogP contribution in [0.15, 0.2) is 47.9 Å². The van der Waals surface area contributed by atoms with E-state index >= 15 is 0 Å². The number of amides is 1. The lowest BCUT2D eigenvalue weighted by molar-refractivity contribution is -0.384. The summed E-state index contributed by atoms with van der Waals surface area (Å²) < 4.78 is 2.18. The average molecular weight is 467 g/mol. The Morgan fingerprint density at radius 1 is 1.27 bits per heavy atom. The van der Waals surface area contributed by atoms with E-state index in [4.69, 9.17) is 0 Å². The van der Waals surface area contributed by atoms with Gasteiger partial charge in [-0.25, -0.2) is 0 Å². The molecule has 2 heterocycles. The zero-order valence-electron chi connectivity index (χ0n) is 18.6. The highest BCUT2D eigenvalue weighted by Crippen LogP contribution is 2.38. The summed E-state index contributed by atoms with van der Waals surface area (Å²) >= 11 is 1.35. The Kier molecular flexibility index (Phi) is 7.02. The van der Waals surface area contributed by atoms with E-state index in [0.29, 0.717) is 22.3 Å². The number of rotatable bonds is 7. The maximum absolute atomic E-state index is 12.7. The summed E-state index contributed by atoms with van der Waals surface area (Å²) in [4.78, 5) is 27.4. The van der Waals surface area contributed by atoms with Gasteiger partial charge in [0.25, 0.3) is 5.69 Å². The first-order valence-corrected chi connectivity index (χ1v) is 12.0. The molecule has 0 saturated heterocycles. The SMILES string of the molecule is Cc1cc([N+](=O)[O-])ccc1NC(=O)CSc1nnc(-c2cccnc2)n1[C@H]1CCCC[C@@H]1C. The van der Waals surface area contributed by atoms with Gasteiger partial charge < -0.3 is 5.32 Å². The molecule has 0 unspecified atom stereocenters. The lowest BCUT2D eigenvalue weighted by Crippen LogP contribution is -2.23. The second-order valence-corrected chi connectivity index (χ2v) is 9.28. The van der Waals surface area contributed by atoms with Crippen molar-refractivity contribution < 1.29 is 9.72 Å². The van der Waals surface area contributed by atoms with Crippen LogP contribution >= 0.6 is 11.8 Å². The predicted molar refractivity (Wildman–Crippen MR) is 127 cm³/mol. The van der Waals surface area contributed by atoms with E-state index in [9.17, 15) is 14.9 Å². The molecular weight excluding hydrogens is 440 g/mol. The molecule has 3 aromatic rings. The molecule has 9 nitrogen and oxygen atoms in total. The lowest BCUT2D eigenvalue weighted by Gasteiger charge is -2.31. The van der Waals surface area contributed by atoms with Gasteiger partial charge in [-0.3, -0.25) is 24.5 Å². The van der Waals surface area contributed by atoms with Crippen LogP contribution in [-0.2, 0) is 4.79 Å². The molecule has 0 bridgehead atoms. The molecule has 2 aromatic heterocycles. The molecule has 33 heavy (non-hydrogen) atoms. The first kappa shape index (κ1) is 22.9. The molecule has 1 aromatic carbocycles. The molecule has 1 saturated carbocycles. The minimum absolute atomic E-state index is 0.00231. The number of nitrogens with one attached hydrogen (secondary N) is 1. The smallest absolute Gasteiger partial charge is 0.269 e. The summed E-state index contributed by atoms with van der Waals surface area (Å²) in [6.45, 7) is 3.99. The Bertz CT molecular complexity index is 1150. The molecule has 4 rings (SSSR count). The molecule has 0 aliphatic heterocycles. The van der Waals surface area contributed by atoms with Crippen LogP contribution in [0.25, 0.3) is 11.4 Å². The number of anilines is 1. The van der Waals surface area contributed by atoms with Crippen molar-refractivity contribution in [1.82, 2.24) is 19.7 Å². The van der Waals surface area contributed by atoms with E-state index < -0.39 is 4.92 Å². The molecule has 172 valence electrons. The Hall–Kier alpha value is -3.27. The number of aromatic nitrogens is 4. The van der Waals surface area contributed by atoms with Crippen LogP contribution < -0.4 is 5.32 Å². The van der Waals surface area contributed by atoms with Crippen molar-refractivity contribution in [1.29, 1.82) is 0 Å². The van der Waals surface area contributed by atoms with Crippen molar-refractivity contribution in [2.24, 2.45) is 5.92 Å². The monoisotopic (exact) mass is 466 g/mol. The van der Waals surface area contributed by atoms with Gasteiger partial charge in [0.2, 0.25) is 5.91 Å². The number of carbonyl (C=O) groups excluding carboxylic acids is 1.